The van der Waals surface area contributed by atoms with Gasteiger partial charge in [-0.1, -0.05) is 103 Å². The minimum Gasteiger partial charge on any atom is -0.778 e. The second-order valence-corrected chi connectivity index (χ2v) is 13.0. The first kappa shape index (κ1) is 34.0. The van der Waals surface area contributed by atoms with Gasteiger partial charge in [0, 0.05) is 19.2 Å². The molecule has 0 amide bonds. The molecule has 0 saturated heterocycles. The summed E-state index contributed by atoms with van der Waals surface area (Å²) in [7, 11) is 2.19. The molecule has 7 heteroatoms. The highest BCUT2D eigenvalue weighted by molar-refractivity contribution is 7.51. The maximum absolute atomic E-state index is 11.9. The van der Waals surface area contributed by atoms with Crippen molar-refractivity contribution in [2.45, 2.75) is 122 Å². The largest absolute Gasteiger partial charge is 0.778 e. The Morgan fingerprint density at radius 1 is 0.735 bits per heavy atom. The molecule has 0 aliphatic rings. The lowest BCUT2D eigenvalue weighted by atomic mass is 10.0. The fourth-order valence-corrected chi connectivity index (χ4v) is 5.08. The Labute approximate surface area is 211 Å². The highest BCUT2D eigenvalue weighted by Gasteiger charge is 2.15. The molecule has 0 spiro atoms. The second-order valence-electron chi connectivity index (χ2n) is 11.0. The van der Waals surface area contributed by atoms with Crippen molar-refractivity contribution in [2.24, 2.45) is 0 Å². The molecule has 6 nitrogen and oxygen atoms in total. The van der Waals surface area contributed by atoms with E-state index in [9.17, 15) is 14.6 Å². The molecule has 206 valence electrons. The van der Waals surface area contributed by atoms with Crippen LogP contribution >= 0.6 is 7.60 Å². The van der Waals surface area contributed by atoms with E-state index in [2.05, 4.69) is 6.92 Å². The summed E-state index contributed by atoms with van der Waals surface area (Å²) in [6.45, 7) is 3.55. The minimum absolute atomic E-state index is 0.00922. The minimum atomic E-state index is -3.89. The Balaban J connectivity index is 3.37. The van der Waals surface area contributed by atoms with Crippen LogP contribution in [-0.4, -0.2) is 69.4 Å². The van der Waals surface area contributed by atoms with Crippen LogP contribution in [-0.2, 0) is 13.8 Å². The number of hydrogen-bond donors (Lipinski definition) is 1. The summed E-state index contributed by atoms with van der Waals surface area (Å²) >= 11 is 0. The van der Waals surface area contributed by atoms with Crippen molar-refractivity contribution in [3.8, 4) is 0 Å². The normalized spacial score (nSPS) is 14.9. The van der Waals surface area contributed by atoms with Crippen LogP contribution in [0.4, 0.5) is 0 Å². The van der Waals surface area contributed by atoms with Crippen LogP contribution in [0.25, 0.3) is 0 Å². The van der Waals surface area contributed by atoms with Gasteiger partial charge in [0.05, 0.1) is 40.9 Å². The van der Waals surface area contributed by atoms with E-state index in [1.54, 1.807) is 0 Å². The summed E-state index contributed by atoms with van der Waals surface area (Å²) in [5.41, 5.74) is 0. The summed E-state index contributed by atoms with van der Waals surface area (Å²) in [4.78, 5) is 11.9. The summed E-state index contributed by atoms with van der Waals surface area (Å²) in [5.74, 6) is 0. The third-order valence-corrected chi connectivity index (χ3v) is 7.58. The Morgan fingerprint density at radius 2 is 1.18 bits per heavy atom. The van der Waals surface area contributed by atoms with Crippen LogP contribution in [0.5, 0.6) is 0 Å². The van der Waals surface area contributed by atoms with E-state index in [1.807, 2.05) is 21.1 Å². The fourth-order valence-electron chi connectivity index (χ4n) is 4.02. The molecule has 0 bridgehead atoms. The molecule has 0 aromatic rings. The van der Waals surface area contributed by atoms with Crippen molar-refractivity contribution in [2.75, 3.05) is 53.7 Å². The molecule has 0 rings (SSSR count). The summed E-state index contributed by atoms with van der Waals surface area (Å²) in [6.07, 6.45) is 21.0. The van der Waals surface area contributed by atoms with E-state index >= 15 is 0 Å². The van der Waals surface area contributed by atoms with Crippen LogP contribution in [0, 0.1) is 0 Å². The van der Waals surface area contributed by atoms with Gasteiger partial charge in [-0.05, 0) is 6.42 Å². The van der Waals surface area contributed by atoms with Gasteiger partial charge in [0.15, 0.2) is 0 Å². The zero-order chi connectivity index (χ0) is 25.5. The molecular weight excluding hydrogens is 449 g/mol. The average molecular weight is 508 g/mol. The highest BCUT2D eigenvalue weighted by atomic mass is 31.2. The average Bonchev–Trinajstić information content (AvgIpc) is 2.76. The number of rotatable bonds is 26. The zero-order valence-electron chi connectivity index (χ0n) is 23.1. The van der Waals surface area contributed by atoms with Crippen LogP contribution in [0.2, 0.25) is 0 Å². The number of nitrogens with zero attached hydrogens (tertiary/aromatic N) is 1. The third kappa shape index (κ3) is 26.6. The topological polar surface area (TPSA) is 78.8 Å². The Bertz CT molecular complexity index is 484. The van der Waals surface area contributed by atoms with E-state index in [1.165, 1.54) is 89.9 Å². The van der Waals surface area contributed by atoms with E-state index in [-0.39, 0.29) is 19.4 Å². The van der Waals surface area contributed by atoms with Gasteiger partial charge in [0.1, 0.15) is 13.7 Å². The molecule has 0 saturated carbocycles. The lowest BCUT2D eigenvalue weighted by Gasteiger charge is -2.28. The van der Waals surface area contributed by atoms with Gasteiger partial charge in [-0.25, -0.2) is 0 Å². The van der Waals surface area contributed by atoms with Gasteiger partial charge in [-0.2, -0.15) is 0 Å². The number of quaternary nitrogens is 1. The highest BCUT2D eigenvalue weighted by Crippen LogP contribution is 2.37. The standard InChI is InChI=1S/C27H58NO5P/c1-5-6-7-8-9-10-11-12-13-14-15-16-17-18-19-20-23-32-25-27(29)26-33-34(30,31)24-21-22-28(2,3)4/h27,29H,5-26H2,1-4H3/t27-/m1/s1. The van der Waals surface area contributed by atoms with Crippen molar-refractivity contribution in [1.82, 2.24) is 0 Å². The molecule has 0 aromatic carbocycles. The fraction of sp³-hybridized carbons (Fsp3) is 1.00. The molecule has 34 heavy (non-hydrogen) atoms. The first-order valence-electron chi connectivity index (χ1n) is 14.2. The molecule has 0 radical (unpaired) electrons. The number of aliphatic hydroxyl groups is 1. The molecule has 0 aliphatic carbocycles. The second kappa shape index (κ2) is 22.2. The first-order valence-corrected chi connectivity index (χ1v) is 15.9. The molecule has 0 aliphatic heterocycles. The lowest BCUT2D eigenvalue weighted by molar-refractivity contribution is -0.870. The van der Waals surface area contributed by atoms with Crippen molar-refractivity contribution in [3.63, 3.8) is 0 Å². The quantitative estimate of drug-likeness (QED) is 0.0845. The van der Waals surface area contributed by atoms with E-state index in [0.717, 1.165) is 23.9 Å². The number of ether oxygens (including phenoxy) is 1. The first-order chi connectivity index (χ1) is 16.2. The van der Waals surface area contributed by atoms with E-state index in [0.29, 0.717) is 13.0 Å². The van der Waals surface area contributed by atoms with Gasteiger partial charge in [0.25, 0.3) is 0 Å². The zero-order valence-corrected chi connectivity index (χ0v) is 24.0. The SMILES string of the molecule is CCCCCCCCCCCCCCCCCCOC[C@@H](O)COP(=O)([O-])CCC[N+](C)(C)C. The third-order valence-electron chi connectivity index (χ3n) is 6.18. The van der Waals surface area contributed by atoms with Crippen molar-refractivity contribution in [3.05, 3.63) is 0 Å². The summed E-state index contributed by atoms with van der Waals surface area (Å²) in [5, 5.41) is 9.89. The van der Waals surface area contributed by atoms with Crippen LogP contribution in [0.1, 0.15) is 116 Å². The lowest BCUT2D eigenvalue weighted by Crippen LogP contribution is -2.36. The van der Waals surface area contributed by atoms with Crippen molar-refractivity contribution >= 4 is 7.60 Å². The molecule has 0 heterocycles. The number of hydrogen-bond acceptors (Lipinski definition) is 5. The summed E-state index contributed by atoms with van der Waals surface area (Å²) in [6, 6.07) is 0. The van der Waals surface area contributed by atoms with Crippen LogP contribution in [0.15, 0.2) is 0 Å². The Kier molecular flexibility index (Phi) is 22.3. The molecule has 0 fully saturated rings. The van der Waals surface area contributed by atoms with Gasteiger partial charge >= 0.3 is 0 Å². The van der Waals surface area contributed by atoms with Gasteiger partial charge in [-0.3, -0.25) is 0 Å². The molecular formula is C27H58NO5P. The van der Waals surface area contributed by atoms with Crippen molar-refractivity contribution < 1.29 is 28.3 Å². The van der Waals surface area contributed by atoms with Crippen LogP contribution < -0.4 is 4.89 Å². The molecule has 1 unspecified atom stereocenters. The summed E-state index contributed by atoms with van der Waals surface area (Å²) < 4.78 is 23.1. The predicted octanol–water partition coefficient (Wildman–Crippen LogP) is 6.29. The van der Waals surface area contributed by atoms with Gasteiger partial charge in [0.2, 0.25) is 0 Å². The maximum Gasteiger partial charge on any atom is 0.135 e. The van der Waals surface area contributed by atoms with E-state index in [4.69, 9.17) is 9.26 Å². The van der Waals surface area contributed by atoms with Crippen molar-refractivity contribution in [1.29, 1.82) is 0 Å². The van der Waals surface area contributed by atoms with Gasteiger partial charge < -0.3 is 28.3 Å². The molecule has 0 aromatic heterocycles. The van der Waals surface area contributed by atoms with Gasteiger partial charge in [-0.15, -0.1) is 0 Å². The molecule has 2 atom stereocenters. The number of aliphatic hydroxyl groups excluding tert-OH is 1. The maximum atomic E-state index is 11.9. The smallest absolute Gasteiger partial charge is 0.135 e. The Morgan fingerprint density at radius 3 is 1.62 bits per heavy atom. The monoisotopic (exact) mass is 507 g/mol. The number of unbranched alkanes of at least 4 members (excludes halogenated alkanes) is 15. The molecule has 1 N–H and O–H groups in total. The van der Waals surface area contributed by atoms with Crippen LogP contribution in [0.3, 0.4) is 0 Å². The van der Waals surface area contributed by atoms with E-state index < -0.39 is 13.7 Å². The predicted molar refractivity (Wildman–Crippen MR) is 142 cm³/mol. The Hall–Kier alpha value is 0.0300.